The number of rotatable bonds is 3. The number of aromatic nitrogens is 1. The van der Waals surface area contributed by atoms with E-state index in [0.29, 0.717) is 16.3 Å². The molecular formula is C12H13ClN2O4S. The van der Waals surface area contributed by atoms with Gasteiger partial charge < -0.3 is 9.84 Å². The molecule has 108 valence electrons. The highest BCUT2D eigenvalue weighted by molar-refractivity contribution is 7.89. The zero-order chi connectivity index (χ0) is 15.1. The summed E-state index contributed by atoms with van der Waals surface area (Å²) >= 11 is 5.96. The molecule has 0 aliphatic heterocycles. The van der Waals surface area contributed by atoms with E-state index in [2.05, 4.69) is 4.98 Å². The first kappa shape index (κ1) is 14.8. The number of nitrogens with zero attached hydrogens (tertiary/aromatic N) is 2. The van der Waals surface area contributed by atoms with Gasteiger partial charge >= 0.3 is 0 Å². The molecule has 0 radical (unpaired) electrons. The van der Waals surface area contributed by atoms with Gasteiger partial charge in [0.1, 0.15) is 16.4 Å². The van der Waals surface area contributed by atoms with Crippen molar-refractivity contribution in [1.29, 1.82) is 0 Å². The van der Waals surface area contributed by atoms with Crippen molar-refractivity contribution in [1.82, 2.24) is 9.29 Å². The van der Waals surface area contributed by atoms with Crippen LogP contribution in [-0.2, 0) is 10.0 Å². The lowest BCUT2D eigenvalue weighted by Crippen LogP contribution is -2.22. The van der Waals surface area contributed by atoms with Crippen LogP contribution < -0.4 is 4.74 Å². The van der Waals surface area contributed by atoms with Crippen LogP contribution in [0.5, 0.6) is 11.5 Å². The van der Waals surface area contributed by atoms with Gasteiger partial charge in [0, 0.05) is 19.5 Å². The van der Waals surface area contributed by atoms with Crippen molar-refractivity contribution in [2.24, 2.45) is 0 Å². The molecule has 0 saturated heterocycles. The monoisotopic (exact) mass is 316 g/mol. The highest BCUT2D eigenvalue weighted by Crippen LogP contribution is 2.36. The molecule has 1 aromatic carbocycles. The van der Waals surface area contributed by atoms with E-state index in [0.717, 1.165) is 10.5 Å². The lowest BCUT2D eigenvalue weighted by molar-refractivity contribution is 0.415. The fourth-order valence-electron chi connectivity index (χ4n) is 1.70. The molecule has 8 heteroatoms. The molecule has 0 bridgehead atoms. The molecule has 1 N–H and O–H groups in total. The molecular weight excluding hydrogens is 304 g/mol. The Morgan fingerprint density at radius 2 is 2.00 bits per heavy atom. The summed E-state index contributed by atoms with van der Waals surface area (Å²) in [7, 11) is 0.400. The third kappa shape index (κ3) is 2.28. The minimum atomic E-state index is -3.78. The molecule has 0 aliphatic rings. The van der Waals surface area contributed by atoms with E-state index in [1.54, 1.807) is 0 Å². The molecule has 6 nitrogen and oxygen atoms in total. The number of pyridine rings is 1. The number of hydrogen-bond acceptors (Lipinski definition) is 5. The quantitative estimate of drug-likeness (QED) is 0.934. The summed E-state index contributed by atoms with van der Waals surface area (Å²) < 4.78 is 30.2. The summed E-state index contributed by atoms with van der Waals surface area (Å²) in [6, 6.07) is 2.95. The Hall–Kier alpha value is -1.57. The van der Waals surface area contributed by atoms with Crippen LogP contribution in [0.1, 0.15) is 0 Å². The molecule has 1 aromatic heterocycles. The number of fused-ring (bicyclic) bond motifs is 1. The predicted octanol–water partition coefficient (Wildman–Crippen LogP) is 1.85. The molecule has 2 rings (SSSR count). The second kappa shape index (κ2) is 5.08. The van der Waals surface area contributed by atoms with Gasteiger partial charge in [-0.2, -0.15) is 0 Å². The molecule has 0 unspecified atom stereocenters. The average Bonchev–Trinajstić information content (AvgIpc) is 2.38. The van der Waals surface area contributed by atoms with Crippen molar-refractivity contribution in [2.45, 2.75) is 4.90 Å². The van der Waals surface area contributed by atoms with Crippen molar-refractivity contribution in [3.8, 4) is 11.5 Å². The average molecular weight is 317 g/mol. The number of sulfonamides is 1. The van der Waals surface area contributed by atoms with Gasteiger partial charge in [-0.25, -0.2) is 12.7 Å². The predicted molar refractivity (Wildman–Crippen MR) is 75.8 cm³/mol. The van der Waals surface area contributed by atoms with E-state index in [1.807, 2.05) is 0 Å². The molecule has 0 atom stereocenters. The van der Waals surface area contributed by atoms with E-state index in [1.165, 1.54) is 33.3 Å². The smallest absolute Gasteiger partial charge is 0.247 e. The van der Waals surface area contributed by atoms with Gasteiger partial charge in [-0.1, -0.05) is 11.6 Å². The third-order valence-corrected chi connectivity index (χ3v) is 4.95. The molecule has 0 aliphatic carbocycles. The van der Waals surface area contributed by atoms with Gasteiger partial charge in [0.15, 0.2) is 0 Å². The SMILES string of the molecule is COc1cc2c(O)c(S(=O)(=O)N(C)C)cnc2cc1Cl. The standard InChI is InChI=1S/C12H13ClN2O4S/c1-15(2)20(17,18)11-6-14-9-5-8(13)10(19-3)4-7(9)12(11)16/h4-6H,1-3H3,(H,14,16). The first-order chi connectivity index (χ1) is 9.28. The molecule has 0 fully saturated rings. The van der Waals surface area contributed by atoms with E-state index in [-0.39, 0.29) is 16.0 Å². The van der Waals surface area contributed by atoms with Crippen molar-refractivity contribution in [3.63, 3.8) is 0 Å². The van der Waals surface area contributed by atoms with Crippen molar-refractivity contribution >= 4 is 32.5 Å². The first-order valence-electron chi connectivity index (χ1n) is 5.56. The van der Waals surface area contributed by atoms with Gasteiger partial charge in [0.05, 0.1) is 23.8 Å². The zero-order valence-corrected chi connectivity index (χ0v) is 12.7. The minimum absolute atomic E-state index is 0.258. The van der Waals surface area contributed by atoms with Gasteiger partial charge in [-0.3, -0.25) is 4.98 Å². The van der Waals surface area contributed by atoms with Gasteiger partial charge in [0.2, 0.25) is 10.0 Å². The van der Waals surface area contributed by atoms with E-state index in [9.17, 15) is 13.5 Å². The van der Waals surface area contributed by atoms with Crippen molar-refractivity contribution in [3.05, 3.63) is 23.4 Å². The van der Waals surface area contributed by atoms with Crippen LogP contribution >= 0.6 is 11.6 Å². The first-order valence-corrected chi connectivity index (χ1v) is 7.38. The molecule has 20 heavy (non-hydrogen) atoms. The Morgan fingerprint density at radius 1 is 1.35 bits per heavy atom. The van der Waals surface area contributed by atoms with E-state index in [4.69, 9.17) is 16.3 Å². The molecule has 0 amide bonds. The summed E-state index contributed by atoms with van der Waals surface area (Å²) in [5.41, 5.74) is 0.381. The number of aromatic hydroxyl groups is 1. The molecule has 1 heterocycles. The zero-order valence-electron chi connectivity index (χ0n) is 11.1. The van der Waals surface area contributed by atoms with Gasteiger partial charge in [0.25, 0.3) is 0 Å². The highest BCUT2D eigenvalue weighted by Gasteiger charge is 2.24. The molecule has 2 aromatic rings. The van der Waals surface area contributed by atoms with Crippen LogP contribution in [0.2, 0.25) is 5.02 Å². The highest BCUT2D eigenvalue weighted by atomic mass is 35.5. The summed E-state index contributed by atoms with van der Waals surface area (Å²) in [6.07, 6.45) is 1.11. The second-order valence-corrected chi connectivity index (χ2v) is 6.79. The number of hydrogen-bond donors (Lipinski definition) is 1. The largest absolute Gasteiger partial charge is 0.506 e. The van der Waals surface area contributed by atoms with Crippen LogP contribution in [0, 0.1) is 0 Å². The number of ether oxygens (including phenoxy) is 1. The maximum Gasteiger partial charge on any atom is 0.247 e. The fraction of sp³-hybridized carbons (Fsp3) is 0.250. The number of methoxy groups -OCH3 is 1. The van der Waals surface area contributed by atoms with Crippen LogP contribution in [0.3, 0.4) is 0 Å². The van der Waals surface area contributed by atoms with Crippen LogP contribution in [0.4, 0.5) is 0 Å². The Morgan fingerprint density at radius 3 is 2.55 bits per heavy atom. The normalized spacial score (nSPS) is 12.1. The third-order valence-electron chi connectivity index (χ3n) is 2.84. The molecule has 0 saturated carbocycles. The topological polar surface area (TPSA) is 79.7 Å². The minimum Gasteiger partial charge on any atom is -0.506 e. The molecule has 0 spiro atoms. The van der Waals surface area contributed by atoms with Crippen LogP contribution in [-0.4, -0.2) is 44.0 Å². The van der Waals surface area contributed by atoms with E-state index >= 15 is 0 Å². The van der Waals surface area contributed by atoms with Crippen LogP contribution in [0.15, 0.2) is 23.2 Å². The van der Waals surface area contributed by atoms with Gasteiger partial charge in [-0.15, -0.1) is 0 Å². The Balaban J connectivity index is 2.80. The number of halogens is 1. The lowest BCUT2D eigenvalue weighted by atomic mass is 10.2. The van der Waals surface area contributed by atoms with Crippen molar-refractivity contribution < 1.29 is 18.3 Å². The lowest BCUT2D eigenvalue weighted by Gasteiger charge is -2.14. The summed E-state index contributed by atoms with van der Waals surface area (Å²) in [5, 5.41) is 10.8. The van der Waals surface area contributed by atoms with Crippen LogP contribution in [0.25, 0.3) is 10.9 Å². The summed E-state index contributed by atoms with van der Waals surface area (Å²) in [4.78, 5) is 3.76. The Bertz CT molecular complexity index is 775. The Kier molecular flexibility index (Phi) is 3.77. The maximum atomic E-state index is 12.1. The summed E-state index contributed by atoms with van der Waals surface area (Å²) in [6.45, 7) is 0. The fourth-order valence-corrected chi connectivity index (χ4v) is 2.87. The Labute approximate surface area is 121 Å². The van der Waals surface area contributed by atoms with E-state index < -0.39 is 10.0 Å². The van der Waals surface area contributed by atoms with Crippen molar-refractivity contribution in [2.75, 3.05) is 21.2 Å². The summed E-state index contributed by atoms with van der Waals surface area (Å²) in [5.74, 6) is -0.0469. The number of benzene rings is 1. The maximum absolute atomic E-state index is 12.1. The second-order valence-electron chi connectivity index (χ2n) is 4.26. The van der Waals surface area contributed by atoms with Gasteiger partial charge in [-0.05, 0) is 12.1 Å².